The largest absolute Gasteiger partial charge is 0.323 e. The number of nitrogens with two attached hydrogens (primary N) is 1. The summed E-state index contributed by atoms with van der Waals surface area (Å²) < 4.78 is 0. The summed E-state index contributed by atoms with van der Waals surface area (Å²) in [6.45, 7) is 0. The summed E-state index contributed by atoms with van der Waals surface area (Å²) in [4.78, 5) is 11.3. The van der Waals surface area contributed by atoms with Crippen molar-refractivity contribution in [1.82, 2.24) is 10.2 Å². The molecule has 0 aliphatic heterocycles. The van der Waals surface area contributed by atoms with Crippen LogP contribution < -0.4 is 11.4 Å². The third-order valence-corrected chi connectivity index (χ3v) is 3.50. The van der Waals surface area contributed by atoms with Crippen LogP contribution in [0.15, 0.2) is 46.3 Å². The van der Waals surface area contributed by atoms with E-state index in [1.165, 1.54) is 11.6 Å². The third kappa shape index (κ3) is 2.14. The molecule has 0 saturated carbocycles. The fraction of sp³-hybridized carbons (Fsp3) is 0.214. The molecule has 2 aromatic rings. The van der Waals surface area contributed by atoms with Crippen molar-refractivity contribution in [2.45, 2.75) is 18.8 Å². The second-order valence-electron chi connectivity index (χ2n) is 4.68. The van der Waals surface area contributed by atoms with Crippen LogP contribution in [0.1, 0.15) is 29.2 Å². The predicted molar refractivity (Wildman–Crippen MR) is 73.1 cm³/mol. The Morgan fingerprint density at radius 2 is 2.05 bits per heavy atom. The highest BCUT2D eigenvalue weighted by Gasteiger charge is 2.26. The molecule has 1 heterocycles. The normalized spacial score (nSPS) is 20.2. The van der Waals surface area contributed by atoms with Crippen LogP contribution in [0, 0.1) is 0 Å². The minimum Gasteiger partial charge on any atom is -0.323 e. The Morgan fingerprint density at radius 1 is 1.26 bits per heavy atom. The number of hydrogen-bond acceptors (Lipinski definition) is 4. The van der Waals surface area contributed by atoms with Gasteiger partial charge in [0.15, 0.2) is 0 Å². The standard InChI is InChI=1S/C14H14N4O/c15-16-12-6-10(9-4-2-1-3-5-9)7-13-11(12)8-14(19)18-17-13/h1-5,8,10H,6-7,15H2,(H,18,19)/b16-12+/t10-/m0/s1. The van der Waals surface area contributed by atoms with E-state index in [1.807, 2.05) is 18.2 Å². The molecule has 0 radical (unpaired) electrons. The first-order valence-electron chi connectivity index (χ1n) is 6.18. The van der Waals surface area contributed by atoms with Gasteiger partial charge in [-0.3, -0.25) is 4.79 Å². The lowest BCUT2D eigenvalue weighted by molar-refractivity contribution is 0.665. The number of nitrogens with one attached hydrogen (secondary N) is 1. The fourth-order valence-electron chi connectivity index (χ4n) is 2.57. The molecule has 19 heavy (non-hydrogen) atoms. The number of aromatic nitrogens is 2. The van der Waals surface area contributed by atoms with Crippen LogP contribution in [0.4, 0.5) is 0 Å². The Bertz CT molecular complexity index is 675. The van der Waals surface area contributed by atoms with Gasteiger partial charge in [0.25, 0.3) is 5.56 Å². The van der Waals surface area contributed by atoms with Gasteiger partial charge in [-0.05, 0) is 24.3 Å². The first-order valence-corrected chi connectivity index (χ1v) is 6.18. The van der Waals surface area contributed by atoms with Crippen molar-refractivity contribution in [3.8, 4) is 0 Å². The Balaban J connectivity index is 2.04. The van der Waals surface area contributed by atoms with Gasteiger partial charge in [0, 0.05) is 11.6 Å². The highest BCUT2D eigenvalue weighted by molar-refractivity contribution is 6.02. The molecule has 0 saturated heterocycles. The zero-order chi connectivity index (χ0) is 13.2. The van der Waals surface area contributed by atoms with Gasteiger partial charge in [0.2, 0.25) is 0 Å². The lowest BCUT2D eigenvalue weighted by Crippen LogP contribution is -2.25. The van der Waals surface area contributed by atoms with Crippen molar-refractivity contribution in [2.75, 3.05) is 0 Å². The van der Waals surface area contributed by atoms with Crippen molar-refractivity contribution in [3.05, 3.63) is 63.6 Å². The predicted octanol–water partition coefficient (Wildman–Crippen LogP) is 1.16. The van der Waals surface area contributed by atoms with E-state index in [-0.39, 0.29) is 5.56 Å². The molecule has 1 aliphatic rings. The lowest BCUT2D eigenvalue weighted by Gasteiger charge is -2.24. The number of nitrogens with zero attached hydrogens (tertiary/aromatic N) is 2. The van der Waals surface area contributed by atoms with E-state index in [4.69, 9.17) is 5.84 Å². The zero-order valence-corrected chi connectivity index (χ0v) is 10.3. The third-order valence-electron chi connectivity index (χ3n) is 3.50. The highest BCUT2D eigenvalue weighted by atomic mass is 16.1. The summed E-state index contributed by atoms with van der Waals surface area (Å²) in [5.41, 5.74) is 3.39. The molecule has 5 heteroatoms. The van der Waals surface area contributed by atoms with Gasteiger partial charge < -0.3 is 5.84 Å². The molecule has 0 unspecified atom stereocenters. The molecule has 0 fully saturated rings. The van der Waals surface area contributed by atoms with Gasteiger partial charge in [-0.15, -0.1) is 0 Å². The maximum Gasteiger partial charge on any atom is 0.264 e. The summed E-state index contributed by atoms with van der Waals surface area (Å²) in [7, 11) is 0. The molecule has 1 atom stereocenters. The second kappa shape index (κ2) is 4.68. The molecule has 96 valence electrons. The Kier molecular flexibility index (Phi) is 2.87. The van der Waals surface area contributed by atoms with Crippen LogP contribution in [-0.4, -0.2) is 15.9 Å². The van der Waals surface area contributed by atoms with Gasteiger partial charge in [-0.2, -0.15) is 10.2 Å². The van der Waals surface area contributed by atoms with Crippen molar-refractivity contribution in [3.63, 3.8) is 0 Å². The molecule has 3 rings (SSSR count). The summed E-state index contributed by atoms with van der Waals surface area (Å²) in [6.07, 6.45) is 1.52. The molecule has 1 aliphatic carbocycles. The van der Waals surface area contributed by atoms with E-state index in [9.17, 15) is 4.79 Å². The molecule has 5 nitrogen and oxygen atoms in total. The van der Waals surface area contributed by atoms with Crippen LogP contribution in [0.3, 0.4) is 0 Å². The van der Waals surface area contributed by atoms with Crippen molar-refractivity contribution in [2.24, 2.45) is 10.9 Å². The number of fused-ring (bicyclic) bond motifs is 1. The SMILES string of the molecule is N/N=C1\C[C@H](c2ccccc2)Cc2n[nH]c(=O)cc21. The summed E-state index contributed by atoms with van der Waals surface area (Å²) in [6, 6.07) is 11.7. The number of benzene rings is 1. The van der Waals surface area contributed by atoms with E-state index < -0.39 is 0 Å². The van der Waals surface area contributed by atoms with Gasteiger partial charge in [0.1, 0.15) is 0 Å². The molecular weight excluding hydrogens is 240 g/mol. The Hall–Kier alpha value is -2.43. The smallest absolute Gasteiger partial charge is 0.264 e. The van der Waals surface area contributed by atoms with E-state index in [1.54, 1.807) is 0 Å². The molecule has 3 N–H and O–H groups in total. The summed E-state index contributed by atoms with van der Waals surface area (Å²) in [5.74, 6) is 5.76. The fourth-order valence-corrected chi connectivity index (χ4v) is 2.57. The Morgan fingerprint density at radius 3 is 2.79 bits per heavy atom. The number of hydrazone groups is 1. The monoisotopic (exact) mass is 254 g/mol. The van der Waals surface area contributed by atoms with E-state index in [0.29, 0.717) is 5.92 Å². The van der Waals surface area contributed by atoms with E-state index in [2.05, 4.69) is 27.4 Å². The van der Waals surface area contributed by atoms with Crippen molar-refractivity contribution in [1.29, 1.82) is 0 Å². The first-order chi connectivity index (χ1) is 9.28. The second-order valence-corrected chi connectivity index (χ2v) is 4.68. The average molecular weight is 254 g/mol. The molecule has 1 aromatic carbocycles. The average Bonchev–Trinajstić information content (AvgIpc) is 2.47. The van der Waals surface area contributed by atoms with E-state index >= 15 is 0 Å². The summed E-state index contributed by atoms with van der Waals surface area (Å²) in [5, 5.41) is 10.4. The molecule has 1 aromatic heterocycles. The van der Waals surface area contributed by atoms with Crippen LogP contribution in [0.5, 0.6) is 0 Å². The van der Waals surface area contributed by atoms with Gasteiger partial charge >= 0.3 is 0 Å². The minimum atomic E-state index is -0.224. The van der Waals surface area contributed by atoms with Crippen LogP contribution in [0.25, 0.3) is 0 Å². The van der Waals surface area contributed by atoms with Crippen LogP contribution >= 0.6 is 0 Å². The maximum atomic E-state index is 11.3. The van der Waals surface area contributed by atoms with Crippen molar-refractivity contribution < 1.29 is 0 Å². The molecule has 0 bridgehead atoms. The first kappa shape index (κ1) is 11.6. The topological polar surface area (TPSA) is 84.1 Å². The van der Waals surface area contributed by atoms with Gasteiger partial charge in [-0.1, -0.05) is 30.3 Å². The number of aromatic amines is 1. The molecule has 0 spiro atoms. The van der Waals surface area contributed by atoms with Crippen LogP contribution in [-0.2, 0) is 6.42 Å². The number of H-pyrrole nitrogens is 1. The minimum absolute atomic E-state index is 0.224. The molecular formula is C14H14N4O. The lowest BCUT2D eigenvalue weighted by atomic mass is 9.81. The number of rotatable bonds is 1. The van der Waals surface area contributed by atoms with E-state index in [0.717, 1.165) is 29.8 Å². The van der Waals surface area contributed by atoms with Gasteiger partial charge in [0.05, 0.1) is 11.4 Å². The Labute approximate surface area is 110 Å². The highest BCUT2D eigenvalue weighted by Crippen LogP contribution is 2.30. The number of hydrogen-bond donors (Lipinski definition) is 2. The van der Waals surface area contributed by atoms with Crippen LogP contribution in [0.2, 0.25) is 0 Å². The van der Waals surface area contributed by atoms with Crippen molar-refractivity contribution >= 4 is 5.71 Å². The van der Waals surface area contributed by atoms with Gasteiger partial charge in [-0.25, -0.2) is 5.10 Å². The molecule has 0 amide bonds. The quantitative estimate of drug-likeness (QED) is 0.591. The zero-order valence-electron chi connectivity index (χ0n) is 10.3. The summed E-state index contributed by atoms with van der Waals surface area (Å²) >= 11 is 0. The maximum absolute atomic E-state index is 11.3.